The molecule has 1 nitrogen and oxygen atoms in total. The van der Waals surface area contributed by atoms with Gasteiger partial charge in [-0.3, -0.25) is 0 Å². The van der Waals surface area contributed by atoms with Crippen LogP contribution in [0.2, 0.25) is 0 Å². The van der Waals surface area contributed by atoms with Crippen molar-refractivity contribution in [3.8, 4) is 12.3 Å². The number of nitrogens with two attached hydrogens (primary N) is 1. The van der Waals surface area contributed by atoms with Gasteiger partial charge in [0.15, 0.2) is 0 Å². The molecule has 0 fully saturated rings. The SMILES string of the molecule is C#CCSCC(N)=S. The summed E-state index contributed by atoms with van der Waals surface area (Å²) >= 11 is 6.16. The average molecular weight is 145 g/mol. The van der Waals surface area contributed by atoms with Gasteiger partial charge in [-0.05, 0) is 0 Å². The molecule has 0 aromatic rings. The molecule has 0 radical (unpaired) electrons. The first-order valence-corrected chi connectivity index (χ1v) is 3.63. The fourth-order valence-corrected chi connectivity index (χ4v) is 0.882. The Kier molecular flexibility index (Phi) is 4.82. The third kappa shape index (κ3) is 5.80. The van der Waals surface area contributed by atoms with Gasteiger partial charge in [0.05, 0.1) is 10.7 Å². The normalized spacial score (nSPS) is 7.88. The van der Waals surface area contributed by atoms with Gasteiger partial charge in [0.1, 0.15) is 0 Å². The highest BCUT2D eigenvalue weighted by Crippen LogP contribution is 1.95. The number of hydrogen-bond donors (Lipinski definition) is 1. The highest BCUT2D eigenvalue weighted by atomic mass is 32.2. The molecule has 0 saturated carbocycles. The first kappa shape index (κ1) is 7.80. The molecule has 0 rings (SSSR count). The summed E-state index contributed by atoms with van der Waals surface area (Å²) in [6.07, 6.45) is 4.96. The summed E-state index contributed by atoms with van der Waals surface area (Å²) < 4.78 is 0. The summed E-state index contributed by atoms with van der Waals surface area (Å²) in [4.78, 5) is 0.519. The van der Waals surface area contributed by atoms with E-state index in [1.54, 1.807) is 11.8 Å². The molecule has 0 spiro atoms. The molecule has 0 aromatic heterocycles. The summed E-state index contributed by atoms with van der Waals surface area (Å²) in [6.45, 7) is 0. The van der Waals surface area contributed by atoms with Crippen LogP contribution < -0.4 is 5.73 Å². The summed E-state index contributed by atoms with van der Waals surface area (Å²) in [7, 11) is 0. The van der Waals surface area contributed by atoms with Gasteiger partial charge in [0, 0.05) is 5.75 Å². The maximum Gasteiger partial charge on any atom is 0.0828 e. The van der Waals surface area contributed by atoms with E-state index in [0.29, 0.717) is 16.5 Å². The number of terminal acetylenes is 1. The zero-order valence-corrected chi connectivity index (χ0v) is 6.02. The quantitative estimate of drug-likeness (QED) is 0.358. The van der Waals surface area contributed by atoms with Crippen LogP contribution >= 0.6 is 24.0 Å². The van der Waals surface area contributed by atoms with Crippen LogP contribution in [0.1, 0.15) is 0 Å². The van der Waals surface area contributed by atoms with E-state index < -0.39 is 0 Å². The largest absolute Gasteiger partial charge is 0.393 e. The highest BCUT2D eigenvalue weighted by molar-refractivity contribution is 8.01. The van der Waals surface area contributed by atoms with Crippen LogP contribution in [-0.2, 0) is 0 Å². The van der Waals surface area contributed by atoms with Gasteiger partial charge in [-0.2, -0.15) is 0 Å². The van der Waals surface area contributed by atoms with Gasteiger partial charge < -0.3 is 5.73 Å². The van der Waals surface area contributed by atoms with Gasteiger partial charge in [0.25, 0.3) is 0 Å². The van der Waals surface area contributed by atoms with E-state index >= 15 is 0 Å². The van der Waals surface area contributed by atoms with Crippen molar-refractivity contribution >= 4 is 29.0 Å². The maximum atomic E-state index is 5.18. The molecule has 2 N–H and O–H groups in total. The number of hydrogen-bond acceptors (Lipinski definition) is 2. The van der Waals surface area contributed by atoms with Crippen LogP contribution in [0.3, 0.4) is 0 Å². The van der Waals surface area contributed by atoms with Crippen molar-refractivity contribution in [2.75, 3.05) is 11.5 Å². The van der Waals surface area contributed by atoms with Gasteiger partial charge in [-0.25, -0.2) is 0 Å². The minimum atomic E-state index is 0.519. The van der Waals surface area contributed by atoms with Crippen LogP contribution in [0.4, 0.5) is 0 Å². The Labute approximate surface area is 59.0 Å². The van der Waals surface area contributed by atoms with Crippen LogP contribution in [0.5, 0.6) is 0 Å². The van der Waals surface area contributed by atoms with Crippen molar-refractivity contribution in [3.05, 3.63) is 0 Å². The first-order chi connectivity index (χ1) is 3.77. The Balaban J connectivity index is 2.97. The van der Waals surface area contributed by atoms with Gasteiger partial charge in [0.2, 0.25) is 0 Å². The van der Waals surface area contributed by atoms with Crippen molar-refractivity contribution in [3.63, 3.8) is 0 Å². The molecule has 8 heavy (non-hydrogen) atoms. The molecule has 0 bridgehead atoms. The average Bonchev–Trinajstić information content (AvgIpc) is 1.66. The molecule has 0 aromatic carbocycles. The molecule has 0 unspecified atom stereocenters. The molecule has 0 saturated heterocycles. The van der Waals surface area contributed by atoms with E-state index in [-0.39, 0.29) is 0 Å². The summed E-state index contributed by atoms with van der Waals surface area (Å²) in [5.41, 5.74) is 5.18. The van der Waals surface area contributed by atoms with E-state index in [1.165, 1.54) is 0 Å². The smallest absolute Gasteiger partial charge is 0.0828 e. The third-order valence-corrected chi connectivity index (χ3v) is 1.64. The molecule has 0 heterocycles. The standard InChI is InChI=1S/C5H7NS2/c1-2-3-8-4-5(6)7/h1H,3-4H2,(H2,6,7). The second-order valence-electron chi connectivity index (χ2n) is 1.16. The second-order valence-corrected chi connectivity index (χ2v) is 2.67. The maximum absolute atomic E-state index is 5.18. The van der Waals surface area contributed by atoms with Crippen LogP contribution in [0.15, 0.2) is 0 Å². The molecule has 3 heteroatoms. The zero-order valence-electron chi connectivity index (χ0n) is 4.39. The van der Waals surface area contributed by atoms with E-state index in [2.05, 4.69) is 18.1 Å². The highest BCUT2D eigenvalue weighted by Gasteiger charge is 1.85. The molecule has 0 atom stereocenters. The van der Waals surface area contributed by atoms with E-state index in [1.807, 2.05) is 0 Å². The zero-order chi connectivity index (χ0) is 6.41. The van der Waals surface area contributed by atoms with E-state index in [0.717, 1.165) is 0 Å². The van der Waals surface area contributed by atoms with Crippen molar-refractivity contribution in [1.29, 1.82) is 0 Å². The Hall–Kier alpha value is -0.200. The van der Waals surface area contributed by atoms with Crippen LogP contribution in [0.25, 0.3) is 0 Å². The predicted octanol–water partition coefficient (Wildman–Crippen LogP) is 0.639. The lowest BCUT2D eigenvalue weighted by atomic mass is 10.8. The molecule has 44 valence electrons. The topological polar surface area (TPSA) is 26.0 Å². The van der Waals surface area contributed by atoms with Gasteiger partial charge in [-0.1, -0.05) is 18.1 Å². The monoisotopic (exact) mass is 145 g/mol. The van der Waals surface area contributed by atoms with Crippen LogP contribution in [0, 0.1) is 12.3 Å². The molecular weight excluding hydrogens is 138 g/mol. The van der Waals surface area contributed by atoms with Crippen molar-refractivity contribution in [2.45, 2.75) is 0 Å². The van der Waals surface area contributed by atoms with Crippen molar-refractivity contribution < 1.29 is 0 Å². The van der Waals surface area contributed by atoms with E-state index in [4.69, 9.17) is 12.2 Å². The minimum absolute atomic E-state index is 0.519. The Bertz CT molecular complexity index is 114. The molecule has 0 amide bonds. The minimum Gasteiger partial charge on any atom is -0.393 e. The van der Waals surface area contributed by atoms with Crippen molar-refractivity contribution in [1.82, 2.24) is 0 Å². The fraction of sp³-hybridized carbons (Fsp3) is 0.400. The Morgan fingerprint density at radius 3 is 2.88 bits per heavy atom. The Morgan fingerprint density at radius 2 is 2.50 bits per heavy atom. The summed E-state index contributed by atoms with van der Waals surface area (Å²) in [5.74, 6) is 3.86. The second kappa shape index (κ2) is 4.95. The van der Waals surface area contributed by atoms with Crippen molar-refractivity contribution in [2.24, 2.45) is 5.73 Å². The summed E-state index contributed by atoms with van der Waals surface area (Å²) in [6, 6.07) is 0. The first-order valence-electron chi connectivity index (χ1n) is 2.07. The fourth-order valence-electron chi connectivity index (χ4n) is 0.211. The molecule has 0 aliphatic rings. The number of rotatable bonds is 3. The predicted molar refractivity (Wildman–Crippen MR) is 42.9 cm³/mol. The summed E-state index contributed by atoms with van der Waals surface area (Å²) in [5, 5.41) is 0. The van der Waals surface area contributed by atoms with Crippen LogP contribution in [-0.4, -0.2) is 16.5 Å². The molecule has 0 aliphatic carbocycles. The third-order valence-electron chi connectivity index (χ3n) is 0.430. The number of thiocarbonyl (C=S) groups is 1. The molecular formula is C5H7NS2. The lowest BCUT2D eigenvalue weighted by Gasteiger charge is -1.90. The lowest BCUT2D eigenvalue weighted by Crippen LogP contribution is -2.10. The molecule has 0 aliphatic heterocycles. The number of thioether (sulfide) groups is 1. The lowest BCUT2D eigenvalue weighted by molar-refractivity contribution is 1.73. The van der Waals surface area contributed by atoms with Gasteiger partial charge >= 0.3 is 0 Å². The van der Waals surface area contributed by atoms with E-state index in [9.17, 15) is 0 Å². The Morgan fingerprint density at radius 1 is 1.88 bits per heavy atom. The van der Waals surface area contributed by atoms with Gasteiger partial charge in [-0.15, -0.1) is 18.2 Å².